The zero-order chi connectivity index (χ0) is 11.5. The monoisotopic (exact) mass is 220 g/mol. The number of hydrogen-bond donors (Lipinski definition) is 2. The van der Waals surface area contributed by atoms with Crippen molar-refractivity contribution in [2.45, 2.75) is 26.0 Å². The Balaban J connectivity index is 1.93. The van der Waals surface area contributed by atoms with E-state index in [-0.39, 0.29) is 6.10 Å². The molecule has 16 heavy (non-hydrogen) atoms. The van der Waals surface area contributed by atoms with Gasteiger partial charge in [0.05, 0.1) is 6.10 Å². The number of hydrogen-bond acceptors (Lipinski definition) is 3. The Morgan fingerprint density at radius 2 is 2.06 bits per heavy atom. The van der Waals surface area contributed by atoms with Crippen molar-refractivity contribution in [2.24, 2.45) is 5.92 Å². The molecule has 2 atom stereocenters. The number of piperidine rings is 1. The summed E-state index contributed by atoms with van der Waals surface area (Å²) in [7, 11) is 0. The van der Waals surface area contributed by atoms with Gasteiger partial charge in [-0.3, -0.25) is 4.90 Å². The lowest BCUT2D eigenvalue weighted by Crippen LogP contribution is -2.41. The lowest BCUT2D eigenvalue weighted by Gasteiger charge is -2.34. The molecule has 0 aliphatic carbocycles. The van der Waals surface area contributed by atoms with Gasteiger partial charge in [0, 0.05) is 25.3 Å². The second-order valence-corrected chi connectivity index (χ2v) is 4.81. The molecular formula is C13H20N2O. The number of rotatable bonds is 2. The number of nitrogens with two attached hydrogens (primary N) is 1. The van der Waals surface area contributed by atoms with E-state index in [0.29, 0.717) is 5.92 Å². The van der Waals surface area contributed by atoms with Crippen molar-refractivity contribution < 1.29 is 5.11 Å². The smallest absolute Gasteiger partial charge is 0.0590 e. The fourth-order valence-corrected chi connectivity index (χ4v) is 2.24. The summed E-state index contributed by atoms with van der Waals surface area (Å²) in [5, 5.41) is 9.65. The van der Waals surface area contributed by atoms with Crippen molar-refractivity contribution in [1.29, 1.82) is 0 Å². The maximum Gasteiger partial charge on any atom is 0.0590 e. The minimum atomic E-state index is -0.123. The summed E-state index contributed by atoms with van der Waals surface area (Å²) < 4.78 is 0. The average Bonchev–Trinajstić information content (AvgIpc) is 2.27. The molecule has 2 rings (SSSR count). The lowest BCUT2D eigenvalue weighted by atomic mass is 9.96. The Morgan fingerprint density at radius 1 is 1.38 bits per heavy atom. The van der Waals surface area contributed by atoms with E-state index in [9.17, 15) is 5.11 Å². The van der Waals surface area contributed by atoms with Crippen LogP contribution < -0.4 is 5.73 Å². The Labute approximate surface area is 96.9 Å². The topological polar surface area (TPSA) is 49.5 Å². The first-order chi connectivity index (χ1) is 7.65. The molecule has 1 saturated heterocycles. The van der Waals surface area contributed by atoms with Gasteiger partial charge in [0.1, 0.15) is 0 Å². The molecule has 2 unspecified atom stereocenters. The summed E-state index contributed by atoms with van der Waals surface area (Å²) in [5.41, 5.74) is 7.75. The number of likely N-dealkylation sites (tertiary alicyclic amines) is 1. The van der Waals surface area contributed by atoms with Crippen LogP contribution in [-0.2, 0) is 6.54 Å². The van der Waals surface area contributed by atoms with Gasteiger partial charge < -0.3 is 10.8 Å². The quantitative estimate of drug-likeness (QED) is 0.742. The summed E-state index contributed by atoms with van der Waals surface area (Å²) in [6, 6.07) is 8.03. The molecule has 0 radical (unpaired) electrons. The summed E-state index contributed by atoms with van der Waals surface area (Å²) in [6.07, 6.45) is 0.763. The molecule has 0 amide bonds. The van der Waals surface area contributed by atoms with Gasteiger partial charge in [0.2, 0.25) is 0 Å². The van der Waals surface area contributed by atoms with Gasteiger partial charge in [-0.2, -0.15) is 0 Å². The first-order valence-corrected chi connectivity index (χ1v) is 5.90. The third-order valence-corrected chi connectivity index (χ3v) is 3.33. The van der Waals surface area contributed by atoms with Crippen LogP contribution in [0.5, 0.6) is 0 Å². The highest BCUT2D eigenvalue weighted by Gasteiger charge is 2.23. The SMILES string of the molecule is CC1CN(Cc2ccc(N)cc2)CCC1O. The maximum absolute atomic E-state index is 9.65. The highest BCUT2D eigenvalue weighted by molar-refractivity contribution is 5.39. The van der Waals surface area contributed by atoms with E-state index < -0.39 is 0 Å². The number of aliphatic hydroxyl groups is 1. The van der Waals surface area contributed by atoms with Crippen molar-refractivity contribution in [3.05, 3.63) is 29.8 Å². The Hall–Kier alpha value is -1.06. The predicted molar refractivity (Wildman–Crippen MR) is 65.9 cm³/mol. The van der Waals surface area contributed by atoms with Gasteiger partial charge in [-0.1, -0.05) is 19.1 Å². The lowest BCUT2D eigenvalue weighted by molar-refractivity contribution is 0.0320. The van der Waals surface area contributed by atoms with Gasteiger partial charge in [-0.05, 0) is 30.0 Å². The van der Waals surface area contributed by atoms with E-state index in [1.54, 1.807) is 0 Å². The van der Waals surface area contributed by atoms with Crippen LogP contribution in [0.4, 0.5) is 5.69 Å². The van der Waals surface area contributed by atoms with Crippen molar-refractivity contribution >= 4 is 5.69 Å². The number of benzene rings is 1. The van der Waals surface area contributed by atoms with Gasteiger partial charge in [-0.25, -0.2) is 0 Å². The summed E-state index contributed by atoms with van der Waals surface area (Å²) in [4.78, 5) is 2.39. The van der Waals surface area contributed by atoms with E-state index in [1.807, 2.05) is 12.1 Å². The van der Waals surface area contributed by atoms with Crippen molar-refractivity contribution in [3.8, 4) is 0 Å². The zero-order valence-corrected chi connectivity index (χ0v) is 9.76. The molecule has 0 spiro atoms. The van der Waals surface area contributed by atoms with E-state index >= 15 is 0 Å². The van der Waals surface area contributed by atoms with Crippen LogP contribution in [0, 0.1) is 5.92 Å². The van der Waals surface area contributed by atoms with Crippen molar-refractivity contribution in [3.63, 3.8) is 0 Å². The molecule has 88 valence electrons. The Kier molecular flexibility index (Phi) is 3.46. The van der Waals surface area contributed by atoms with Crippen molar-refractivity contribution in [1.82, 2.24) is 4.90 Å². The molecule has 3 nitrogen and oxygen atoms in total. The molecule has 1 aromatic rings. The molecule has 1 aliphatic rings. The molecule has 1 aromatic carbocycles. The van der Waals surface area contributed by atoms with Gasteiger partial charge in [-0.15, -0.1) is 0 Å². The van der Waals surface area contributed by atoms with Crippen LogP contribution in [0.1, 0.15) is 18.9 Å². The van der Waals surface area contributed by atoms with Crippen LogP contribution in [0.25, 0.3) is 0 Å². The minimum Gasteiger partial charge on any atom is -0.399 e. The van der Waals surface area contributed by atoms with Gasteiger partial charge >= 0.3 is 0 Å². The van der Waals surface area contributed by atoms with Crippen molar-refractivity contribution in [2.75, 3.05) is 18.8 Å². The largest absolute Gasteiger partial charge is 0.399 e. The molecule has 0 aromatic heterocycles. The fourth-order valence-electron chi connectivity index (χ4n) is 2.24. The summed E-state index contributed by atoms with van der Waals surface area (Å²) in [6.45, 7) is 5.03. The molecule has 3 heteroatoms. The molecular weight excluding hydrogens is 200 g/mol. The molecule has 0 saturated carbocycles. The van der Waals surface area contributed by atoms with Gasteiger partial charge in [0.25, 0.3) is 0 Å². The standard InChI is InChI=1S/C13H20N2O/c1-10-8-15(7-6-13(10)16)9-11-2-4-12(14)5-3-11/h2-5,10,13,16H,6-9,14H2,1H3. The first kappa shape index (κ1) is 11.4. The number of nitrogens with zero attached hydrogens (tertiary/aromatic N) is 1. The van der Waals surface area contributed by atoms with E-state index in [1.165, 1.54) is 5.56 Å². The number of anilines is 1. The van der Waals surface area contributed by atoms with Crippen LogP contribution >= 0.6 is 0 Å². The number of aliphatic hydroxyl groups excluding tert-OH is 1. The minimum absolute atomic E-state index is 0.123. The van der Waals surface area contributed by atoms with Crippen LogP contribution in [-0.4, -0.2) is 29.2 Å². The summed E-state index contributed by atoms with van der Waals surface area (Å²) in [5.74, 6) is 0.377. The first-order valence-electron chi connectivity index (χ1n) is 5.90. The fraction of sp³-hybridized carbons (Fsp3) is 0.538. The molecule has 1 heterocycles. The van der Waals surface area contributed by atoms with E-state index in [4.69, 9.17) is 5.73 Å². The molecule has 1 fully saturated rings. The average molecular weight is 220 g/mol. The van der Waals surface area contributed by atoms with Crippen LogP contribution in [0.3, 0.4) is 0 Å². The molecule has 0 bridgehead atoms. The predicted octanol–water partition coefficient (Wildman–Crippen LogP) is 1.47. The third-order valence-electron chi connectivity index (χ3n) is 3.33. The second-order valence-electron chi connectivity index (χ2n) is 4.81. The van der Waals surface area contributed by atoms with Crippen LogP contribution in [0.15, 0.2) is 24.3 Å². The van der Waals surface area contributed by atoms with Gasteiger partial charge in [0.15, 0.2) is 0 Å². The van der Waals surface area contributed by atoms with E-state index in [0.717, 1.165) is 31.7 Å². The normalized spacial score (nSPS) is 26.9. The molecule has 3 N–H and O–H groups in total. The van der Waals surface area contributed by atoms with Crippen LogP contribution in [0.2, 0.25) is 0 Å². The third kappa shape index (κ3) is 2.74. The maximum atomic E-state index is 9.65. The summed E-state index contributed by atoms with van der Waals surface area (Å²) >= 11 is 0. The number of nitrogen functional groups attached to an aromatic ring is 1. The molecule has 1 aliphatic heterocycles. The zero-order valence-electron chi connectivity index (χ0n) is 9.76. The highest BCUT2D eigenvalue weighted by Crippen LogP contribution is 2.18. The Bertz CT molecular complexity index is 336. The highest BCUT2D eigenvalue weighted by atomic mass is 16.3. The Morgan fingerprint density at radius 3 is 2.69 bits per heavy atom. The second kappa shape index (κ2) is 4.85. The van der Waals surface area contributed by atoms with E-state index in [2.05, 4.69) is 24.0 Å².